The maximum atomic E-state index is 9.93. The molecule has 0 spiro atoms. The number of phenolic OH excluding ortho intramolecular Hbond substituents is 3. The Kier molecular flexibility index (Phi) is 2.91. The van der Waals surface area contributed by atoms with Gasteiger partial charge in [-0.15, -0.1) is 0 Å². The fourth-order valence-corrected chi connectivity index (χ4v) is 2.40. The molecule has 0 unspecified atom stereocenters. The van der Waals surface area contributed by atoms with Crippen LogP contribution < -0.4 is 0 Å². The highest BCUT2D eigenvalue weighted by Gasteiger charge is 2.15. The van der Waals surface area contributed by atoms with Gasteiger partial charge in [0.15, 0.2) is 11.5 Å². The molecule has 0 amide bonds. The molecule has 0 aliphatic rings. The number of hydrogen-bond donors (Lipinski definition) is 3. The van der Waals surface area contributed by atoms with Gasteiger partial charge in [0.1, 0.15) is 5.75 Å². The Bertz CT molecular complexity index is 592. The first-order valence-corrected chi connectivity index (χ1v) is 5.73. The van der Waals surface area contributed by atoms with E-state index in [-0.39, 0.29) is 17.2 Å². The van der Waals surface area contributed by atoms with Crippen LogP contribution in [0.15, 0.2) is 24.3 Å². The predicted octanol–water partition coefficient (Wildman–Crippen LogP) is 3.40. The number of aryl methyl sites for hydroxylation is 3. The molecule has 0 aliphatic carbocycles. The Morgan fingerprint density at radius 3 is 1.89 bits per heavy atom. The molecule has 3 nitrogen and oxygen atoms in total. The SMILES string of the molecule is Cc1cc(C)c(-c2cc(O)cc(O)c2O)c(C)c1. The Hall–Kier alpha value is -2.16. The molecule has 2 aromatic rings. The summed E-state index contributed by atoms with van der Waals surface area (Å²) >= 11 is 0. The molecule has 0 aromatic heterocycles. The van der Waals surface area contributed by atoms with Crippen LogP contribution in [-0.4, -0.2) is 15.3 Å². The lowest BCUT2D eigenvalue weighted by Gasteiger charge is -2.14. The van der Waals surface area contributed by atoms with Crippen molar-refractivity contribution in [1.82, 2.24) is 0 Å². The second-order valence-electron chi connectivity index (χ2n) is 4.63. The number of phenols is 3. The zero-order valence-electron chi connectivity index (χ0n) is 10.7. The van der Waals surface area contributed by atoms with E-state index in [2.05, 4.69) is 0 Å². The highest BCUT2D eigenvalue weighted by molar-refractivity contribution is 5.79. The predicted molar refractivity (Wildman–Crippen MR) is 71.1 cm³/mol. The van der Waals surface area contributed by atoms with Crippen molar-refractivity contribution in [3.05, 3.63) is 41.0 Å². The highest BCUT2D eigenvalue weighted by atomic mass is 16.3. The molecule has 94 valence electrons. The van der Waals surface area contributed by atoms with Gasteiger partial charge in [-0.05, 0) is 43.5 Å². The molecule has 0 heterocycles. The van der Waals surface area contributed by atoms with E-state index < -0.39 is 0 Å². The van der Waals surface area contributed by atoms with Crippen molar-refractivity contribution < 1.29 is 15.3 Å². The standard InChI is InChI=1S/C15H16O3/c1-8-4-9(2)14(10(3)5-8)12-6-11(16)7-13(17)15(12)18/h4-7,16-18H,1-3H3. The van der Waals surface area contributed by atoms with Crippen molar-refractivity contribution in [3.63, 3.8) is 0 Å². The van der Waals surface area contributed by atoms with Gasteiger partial charge in [-0.1, -0.05) is 17.7 Å². The lowest BCUT2D eigenvalue weighted by Crippen LogP contribution is -1.91. The zero-order chi connectivity index (χ0) is 13.4. The Morgan fingerprint density at radius 1 is 0.778 bits per heavy atom. The van der Waals surface area contributed by atoms with E-state index >= 15 is 0 Å². The Balaban J connectivity index is 2.77. The Labute approximate surface area is 106 Å². The summed E-state index contributed by atoms with van der Waals surface area (Å²) in [6.45, 7) is 5.88. The largest absolute Gasteiger partial charge is 0.508 e. The molecule has 0 saturated heterocycles. The van der Waals surface area contributed by atoms with Crippen LogP contribution in [0.3, 0.4) is 0 Å². The van der Waals surface area contributed by atoms with Gasteiger partial charge in [0.05, 0.1) is 0 Å². The van der Waals surface area contributed by atoms with E-state index in [9.17, 15) is 15.3 Å². The third-order valence-corrected chi connectivity index (χ3v) is 3.02. The summed E-state index contributed by atoms with van der Waals surface area (Å²) in [5.41, 5.74) is 4.41. The molecule has 2 aromatic carbocycles. The van der Waals surface area contributed by atoms with Crippen LogP contribution in [0.1, 0.15) is 16.7 Å². The molecule has 0 atom stereocenters. The minimum Gasteiger partial charge on any atom is -0.508 e. The molecule has 0 saturated carbocycles. The van der Waals surface area contributed by atoms with Crippen LogP contribution >= 0.6 is 0 Å². The molecule has 0 radical (unpaired) electrons. The molecule has 0 bridgehead atoms. The van der Waals surface area contributed by atoms with Crippen LogP contribution in [0.4, 0.5) is 0 Å². The van der Waals surface area contributed by atoms with Gasteiger partial charge in [-0.25, -0.2) is 0 Å². The lowest BCUT2D eigenvalue weighted by atomic mass is 9.93. The summed E-state index contributed by atoms with van der Waals surface area (Å²) in [5, 5.41) is 29.0. The van der Waals surface area contributed by atoms with Gasteiger partial charge in [0.2, 0.25) is 0 Å². The third-order valence-electron chi connectivity index (χ3n) is 3.02. The second kappa shape index (κ2) is 4.26. The normalized spacial score (nSPS) is 10.6. The highest BCUT2D eigenvalue weighted by Crippen LogP contribution is 2.42. The molecule has 3 N–H and O–H groups in total. The topological polar surface area (TPSA) is 60.7 Å². The van der Waals surface area contributed by atoms with E-state index in [1.165, 1.54) is 6.07 Å². The van der Waals surface area contributed by atoms with Gasteiger partial charge < -0.3 is 15.3 Å². The van der Waals surface area contributed by atoms with Crippen molar-refractivity contribution in [2.45, 2.75) is 20.8 Å². The van der Waals surface area contributed by atoms with Crippen molar-refractivity contribution in [1.29, 1.82) is 0 Å². The van der Waals surface area contributed by atoms with Crippen LogP contribution in [-0.2, 0) is 0 Å². The van der Waals surface area contributed by atoms with Crippen molar-refractivity contribution in [2.75, 3.05) is 0 Å². The minimum atomic E-state index is -0.315. The average molecular weight is 244 g/mol. The number of rotatable bonds is 1. The molecule has 18 heavy (non-hydrogen) atoms. The zero-order valence-corrected chi connectivity index (χ0v) is 10.7. The molecule has 3 heteroatoms. The van der Waals surface area contributed by atoms with Crippen molar-refractivity contribution in [3.8, 4) is 28.4 Å². The second-order valence-corrected chi connectivity index (χ2v) is 4.63. The number of benzene rings is 2. The van der Waals surface area contributed by atoms with Crippen LogP contribution in [0.5, 0.6) is 17.2 Å². The van der Waals surface area contributed by atoms with Crippen LogP contribution in [0, 0.1) is 20.8 Å². The molecule has 2 rings (SSSR count). The average Bonchev–Trinajstić information content (AvgIpc) is 2.23. The summed E-state index contributed by atoms with van der Waals surface area (Å²) in [6, 6.07) is 6.59. The first-order valence-electron chi connectivity index (χ1n) is 5.73. The Morgan fingerprint density at radius 2 is 1.33 bits per heavy atom. The van der Waals surface area contributed by atoms with E-state index in [1.54, 1.807) is 0 Å². The maximum Gasteiger partial charge on any atom is 0.165 e. The maximum absolute atomic E-state index is 9.93. The third kappa shape index (κ3) is 1.99. The van der Waals surface area contributed by atoms with Crippen LogP contribution in [0.25, 0.3) is 11.1 Å². The fourth-order valence-electron chi connectivity index (χ4n) is 2.40. The van der Waals surface area contributed by atoms with E-state index in [0.29, 0.717) is 5.56 Å². The minimum absolute atomic E-state index is 0.0697. The molecule has 0 fully saturated rings. The first kappa shape index (κ1) is 12.3. The number of hydrogen-bond acceptors (Lipinski definition) is 3. The van der Waals surface area contributed by atoms with Crippen molar-refractivity contribution in [2.24, 2.45) is 0 Å². The summed E-state index contributed by atoms with van der Waals surface area (Å²) in [4.78, 5) is 0. The summed E-state index contributed by atoms with van der Waals surface area (Å²) in [5.74, 6) is -0.591. The van der Waals surface area contributed by atoms with E-state index in [4.69, 9.17) is 0 Å². The number of aromatic hydroxyl groups is 3. The fraction of sp³-hybridized carbons (Fsp3) is 0.200. The smallest absolute Gasteiger partial charge is 0.165 e. The van der Waals surface area contributed by atoms with Gasteiger partial charge in [0, 0.05) is 11.6 Å². The molecular formula is C15H16O3. The van der Waals surface area contributed by atoms with Gasteiger partial charge in [-0.2, -0.15) is 0 Å². The monoisotopic (exact) mass is 244 g/mol. The van der Waals surface area contributed by atoms with Gasteiger partial charge in [-0.3, -0.25) is 0 Å². The first-order chi connectivity index (χ1) is 8.40. The summed E-state index contributed by atoms with van der Waals surface area (Å²) < 4.78 is 0. The molecular weight excluding hydrogens is 228 g/mol. The van der Waals surface area contributed by atoms with Crippen LogP contribution in [0.2, 0.25) is 0 Å². The van der Waals surface area contributed by atoms with Gasteiger partial charge >= 0.3 is 0 Å². The quantitative estimate of drug-likeness (QED) is 0.532. The van der Waals surface area contributed by atoms with E-state index in [1.807, 2.05) is 32.9 Å². The summed E-state index contributed by atoms with van der Waals surface area (Å²) in [6.07, 6.45) is 0. The van der Waals surface area contributed by atoms with Crippen molar-refractivity contribution >= 4 is 0 Å². The van der Waals surface area contributed by atoms with Gasteiger partial charge in [0.25, 0.3) is 0 Å². The lowest BCUT2D eigenvalue weighted by molar-refractivity contribution is 0.398. The van der Waals surface area contributed by atoms with E-state index in [0.717, 1.165) is 28.3 Å². The summed E-state index contributed by atoms with van der Waals surface area (Å²) in [7, 11) is 0. The molecule has 0 aliphatic heterocycles.